The number of rotatable bonds is 8. The normalized spacial score (nSPS) is 20.1. The fourth-order valence-corrected chi connectivity index (χ4v) is 3.31. The molecule has 0 aromatic heterocycles. The van der Waals surface area contributed by atoms with Crippen LogP contribution in [-0.4, -0.2) is 76.3 Å². The number of aliphatic imine (C=N–C) groups is 1. The van der Waals surface area contributed by atoms with Crippen molar-refractivity contribution < 1.29 is 9.53 Å². The van der Waals surface area contributed by atoms with Gasteiger partial charge in [0, 0.05) is 52.7 Å². The lowest BCUT2D eigenvalue weighted by Gasteiger charge is -2.26. The van der Waals surface area contributed by atoms with E-state index in [1.54, 1.807) is 7.05 Å². The monoisotopic (exact) mass is 339 g/mol. The lowest BCUT2D eigenvalue weighted by atomic mass is 10.0. The minimum Gasteiger partial charge on any atom is -0.379 e. The highest BCUT2D eigenvalue weighted by Crippen LogP contribution is 2.27. The molecule has 0 unspecified atom stereocenters. The minimum atomic E-state index is 0.180. The second-order valence-electron chi connectivity index (χ2n) is 6.58. The third-order valence-corrected chi connectivity index (χ3v) is 4.74. The van der Waals surface area contributed by atoms with E-state index in [1.165, 1.54) is 25.7 Å². The summed E-state index contributed by atoms with van der Waals surface area (Å²) >= 11 is 0. The van der Waals surface area contributed by atoms with Gasteiger partial charge in [0.1, 0.15) is 0 Å². The summed E-state index contributed by atoms with van der Waals surface area (Å²) in [7, 11) is 1.77. The molecule has 1 saturated heterocycles. The van der Waals surface area contributed by atoms with E-state index in [0.717, 1.165) is 45.4 Å². The van der Waals surface area contributed by atoms with Gasteiger partial charge in [-0.15, -0.1) is 0 Å². The predicted octanol–water partition coefficient (Wildman–Crippen LogP) is 0.180. The number of carbonyl (C=O) groups is 1. The highest BCUT2D eigenvalue weighted by atomic mass is 16.5. The van der Waals surface area contributed by atoms with Crippen molar-refractivity contribution in [3.63, 3.8) is 0 Å². The summed E-state index contributed by atoms with van der Waals surface area (Å²) in [6.45, 7) is 6.82. The van der Waals surface area contributed by atoms with Crippen LogP contribution in [0.5, 0.6) is 0 Å². The zero-order valence-electron chi connectivity index (χ0n) is 15.0. The van der Waals surface area contributed by atoms with Gasteiger partial charge in [0.05, 0.1) is 13.2 Å². The molecule has 7 heteroatoms. The number of nitrogens with zero attached hydrogens (tertiary/aromatic N) is 2. The van der Waals surface area contributed by atoms with Crippen molar-refractivity contribution in [1.29, 1.82) is 0 Å². The highest BCUT2D eigenvalue weighted by molar-refractivity contribution is 5.79. The molecule has 24 heavy (non-hydrogen) atoms. The number of ether oxygens (including phenoxy) is 1. The Morgan fingerprint density at radius 3 is 2.46 bits per heavy atom. The predicted molar refractivity (Wildman–Crippen MR) is 96.2 cm³/mol. The van der Waals surface area contributed by atoms with E-state index >= 15 is 0 Å². The number of hydrogen-bond acceptors (Lipinski definition) is 4. The molecular formula is C17H33N5O2. The molecule has 0 aromatic carbocycles. The van der Waals surface area contributed by atoms with Gasteiger partial charge in [-0.05, 0) is 18.8 Å². The SMILES string of the molecule is CN=C(NCCNC(=O)CC1CCCC1)NCCN1CCOCC1. The molecule has 3 N–H and O–H groups in total. The Labute approximate surface area is 145 Å². The Kier molecular flexibility index (Phi) is 8.91. The molecule has 2 rings (SSSR count). The van der Waals surface area contributed by atoms with Gasteiger partial charge < -0.3 is 20.7 Å². The molecule has 1 saturated carbocycles. The molecule has 0 atom stereocenters. The highest BCUT2D eigenvalue weighted by Gasteiger charge is 2.17. The van der Waals surface area contributed by atoms with Crippen molar-refractivity contribution >= 4 is 11.9 Å². The molecule has 0 spiro atoms. The van der Waals surface area contributed by atoms with Crippen LogP contribution < -0.4 is 16.0 Å². The molecule has 2 fully saturated rings. The molecular weight excluding hydrogens is 306 g/mol. The van der Waals surface area contributed by atoms with Crippen LogP contribution in [0.4, 0.5) is 0 Å². The van der Waals surface area contributed by atoms with Crippen LogP contribution in [0, 0.1) is 5.92 Å². The maximum absolute atomic E-state index is 11.9. The topological polar surface area (TPSA) is 78.0 Å². The zero-order chi connectivity index (χ0) is 17.0. The maximum atomic E-state index is 11.9. The van der Waals surface area contributed by atoms with Crippen molar-refractivity contribution in [3.05, 3.63) is 0 Å². The summed E-state index contributed by atoms with van der Waals surface area (Å²) < 4.78 is 5.34. The van der Waals surface area contributed by atoms with Crippen LogP contribution in [0.3, 0.4) is 0 Å². The Bertz CT molecular complexity index is 390. The average molecular weight is 339 g/mol. The molecule has 1 aliphatic heterocycles. The van der Waals surface area contributed by atoms with Crippen LogP contribution >= 0.6 is 0 Å². The van der Waals surface area contributed by atoms with Crippen molar-refractivity contribution in [1.82, 2.24) is 20.9 Å². The number of morpholine rings is 1. The molecule has 138 valence electrons. The number of guanidine groups is 1. The quantitative estimate of drug-likeness (QED) is 0.334. The molecule has 1 aliphatic carbocycles. The molecule has 1 heterocycles. The van der Waals surface area contributed by atoms with Gasteiger partial charge in [-0.2, -0.15) is 0 Å². The molecule has 0 bridgehead atoms. The third kappa shape index (κ3) is 7.49. The fraction of sp³-hybridized carbons (Fsp3) is 0.882. The standard InChI is InChI=1S/C17H33N5O2/c1-18-17(21-8-9-22-10-12-24-13-11-22)20-7-6-19-16(23)14-15-4-2-3-5-15/h15H,2-14H2,1H3,(H,19,23)(H2,18,20,21). The van der Waals surface area contributed by atoms with Gasteiger partial charge in [-0.25, -0.2) is 0 Å². The van der Waals surface area contributed by atoms with E-state index in [9.17, 15) is 4.79 Å². The van der Waals surface area contributed by atoms with Gasteiger partial charge in [-0.1, -0.05) is 12.8 Å². The summed E-state index contributed by atoms with van der Waals surface area (Å²) in [6.07, 6.45) is 5.68. The van der Waals surface area contributed by atoms with Crippen molar-refractivity contribution in [2.24, 2.45) is 10.9 Å². The Morgan fingerprint density at radius 1 is 1.08 bits per heavy atom. The van der Waals surface area contributed by atoms with Gasteiger partial charge in [0.2, 0.25) is 5.91 Å². The summed E-state index contributed by atoms with van der Waals surface area (Å²) in [5.74, 6) is 1.57. The van der Waals surface area contributed by atoms with Crippen LogP contribution in [0.1, 0.15) is 32.1 Å². The first-order valence-electron chi connectivity index (χ1n) is 9.29. The van der Waals surface area contributed by atoms with E-state index in [4.69, 9.17) is 4.74 Å². The fourth-order valence-electron chi connectivity index (χ4n) is 3.31. The number of nitrogens with one attached hydrogen (secondary N) is 3. The summed E-state index contributed by atoms with van der Waals surface area (Å²) in [5.41, 5.74) is 0. The molecule has 0 aromatic rings. The lowest BCUT2D eigenvalue weighted by Crippen LogP contribution is -2.45. The van der Waals surface area contributed by atoms with Gasteiger partial charge in [-0.3, -0.25) is 14.7 Å². The van der Waals surface area contributed by atoms with E-state index in [1.807, 2.05) is 0 Å². The average Bonchev–Trinajstić information content (AvgIpc) is 3.11. The van der Waals surface area contributed by atoms with Crippen LogP contribution in [0.25, 0.3) is 0 Å². The smallest absolute Gasteiger partial charge is 0.220 e. The third-order valence-electron chi connectivity index (χ3n) is 4.74. The first-order valence-corrected chi connectivity index (χ1v) is 9.29. The first-order chi connectivity index (χ1) is 11.8. The second-order valence-corrected chi connectivity index (χ2v) is 6.58. The molecule has 2 aliphatic rings. The van der Waals surface area contributed by atoms with E-state index in [0.29, 0.717) is 25.4 Å². The second kappa shape index (κ2) is 11.3. The maximum Gasteiger partial charge on any atom is 0.220 e. The minimum absolute atomic E-state index is 0.180. The van der Waals surface area contributed by atoms with Gasteiger partial charge >= 0.3 is 0 Å². The zero-order valence-corrected chi connectivity index (χ0v) is 15.0. The Hall–Kier alpha value is -1.34. The van der Waals surface area contributed by atoms with E-state index in [-0.39, 0.29) is 5.91 Å². The number of amides is 1. The van der Waals surface area contributed by atoms with Crippen LogP contribution in [0.2, 0.25) is 0 Å². The number of hydrogen-bond donors (Lipinski definition) is 3. The van der Waals surface area contributed by atoms with Crippen molar-refractivity contribution in [2.75, 3.05) is 59.5 Å². The molecule has 1 amide bonds. The van der Waals surface area contributed by atoms with E-state index in [2.05, 4.69) is 25.8 Å². The van der Waals surface area contributed by atoms with Crippen LogP contribution in [0.15, 0.2) is 4.99 Å². The van der Waals surface area contributed by atoms with Crippen molar-refractivity contribution in [2.45, 2.75) is 32.1 Å². The Morgan fingerprint density at radius 2 is 1.75 bits per heavy atom. The van der Waals surface area contributed by atoms with Crippen LogP contribution in [-0.2, 0) is 9.53 Å². The van der Waals surface area contributed by atoms with Gasteiger partial charge in [0.15, 0.2) is 5.96 Å². The van der Waals surface area contributed by atoms with Crippen molar-refractivity contribution in [3.8, 4) is 0 Å². The first kappa shape index (κ1) is 19.0. The van der Waals surface area contributed by atoms with Gasteiger partial charge in [0.25, 0.3) is 0 Å². The lowest BCUT2D eigenvalue weighted by molar-refractivity contribution is -0.121. The summed E-state index contributed by atoms with van der Waals surface area (Å²) in [4.78, 5) is 18.5. The summed E-state index contributed by atoms with van der Waals surface area (Å²) in [5, 5.41) is 9.53. The number of carbonyl (C=O) groups excluding carboxylic acids is 1. The van der Waals surface area contributed by atoms with E-state index < -0.39 is 0 Å². The largest absolute Gasteiger partial charge is 0.379 e. The Balaban J connectivity index is 1.48. The molecule has 7 nitrogen and oxygen atoms in total. The molecule has 0 radical (unpaired) electrons. The summed E-state index contributed by atoms with van der Waals surface area (Å²) in [6, 6.07) is 0.